The fourth-order valence-electron chi connectivity index (χ4n) is 1.96. The Labute approximate surface area is 140 Å². The zero-order valence-electron chi connectivity index (χ0n) is 13.5. The zero-order valence-corrected chi connectivity index (χ0v) is 14.3. The normalized spacial score (nSPS) is 12.0. The third-order valence-corrected chi connectivity index (χ3v) is 4.60. The number of hydrogen-bond acceptors (Lipinski definition) is 4. The average molecular weight is 351 g/mol. The number of nitrogens with one attached hydrogen (secondary N) is 2. The van der Waals surface area contributed by atoms with Gasteiger partial charge in [0.05, 0.1) is 10.5 Å². The van der Waals surface area contributed by atoms with E-state index >= 15 is 0 Å². The molecule has 2 rings (SSSR count). The van der Waals surface area contributed by atoms with Crippen molar-refractivity contribution in [3.63, 3.8) is 0 Å². The number of carbonyl (C=O) groups is 1. The van der Waals surface area contributed by atoms with E-state index < -0.39 is 27.4 Å². The fourth-order valence-corrected chi connectivity index (χ4v) is 3.42. The molecule has 8 heteroatoms. The van der Waals surface area contributed by atoms with Crippen molar-refractivity contribution in [1.29, 1.82) is 0 Å². The molecule has 6 nitrogen and oxygen atoms in total. The molecule has 1 amide bonds. The first-order chi connectivity index (χ1) is 11.1. The minimum absolute atomic E-state index is 0.00174. The van der Waals surface area contributed by atoms with E-state index in [0.717, 1.165) is 0 Å². The largest absolute Gasteiger partial charge is 0.322 e. The standard InChI is InChI=1S/C16H18FN3O3S/c1-16(2,3)20-24(22,23)12-7-4-6-11(10-12)19-15(21)13-8-5-9-18-14(13)17/h4-10,20H,1-3H3,(H,19,21). The van der Waals surface area contributed by atoms with E-state index in [2.05, 4.69) is 15.0 Å². The van der Waals surface area contributed by atoms with Gasteiger partial charge in [0.15, 0.2) is 0 Å². The van der Waals surface area contributed by atoms with Gasteiger partial charge < -0.3 is 5.32 Å². The average Bonchev–Trinajstić information content (AvgIpc) is 2.45. The molecule has 0 saturated carbocycles. The van der Waals surface area contributed by atoms with Crippen LogP contribution < -0.4 is 10.0 Å². The molecule has 1 heterocycles. The van der Waals surface area contributed by atoms with Crippen LogP contribution in [0.5, 0.6) is 0 Å². The molecule has 0 unspecified atom stereocenters. The topological polar surface area (TPSA) is 88.2 Å². The van der Waals surface area contributed by atoms with Crippen LogP contribution in [0.15, 0.2) is 47.5 Å². The van der Waals surface area contributed by atoms with Crippen LogP contribution in [0.4, 0.5) is 10.1 Å². The first kappa shape index (κ1) is 18.0. The Morgan fingerprint density at radius 2 is 1.88 bits per heavy atom. The van der Waals surface area contributed by atoms with Gasteiger partial charge in [-0.1, -0.05) is 6.07 Å². The molecule has 0 bridgehead atoms. The van der Waals surface area contributed by atoms with Crippen molar-refractivity contribution in [2.45, 2.75) is 31.2 Å². The van der Waals surface area contributed by atoms with Crippen LogP contribution in [-0.4, -0.2) is 24.8 Å². The van der Waals surface area contributed by atoms with E-state index in [0.29, 0.717) is 0 Å². The molecular weight excluding hydrogens is 333 g/mol. The van der Waals surface area contributed by atoms with E-state index in [1.54, 1.807) is 20.8 Å². The summed E-state index contributed by atoms with van der Waals surface area (Å²) in [5.41, 5.74) is -0.629. The highest BCUT2D eigenvalue weighted by Gasteiger charge is 2.22. The second-order valence-electron chi connectivity index (χ2n) is 6.18. The summed E-state index contributed by atoms with van der Waals surface area (Å²) in [6.45, 7) is 5.17. The summed E-state index contributed by atoms with van der Waals surface area (Å²) in [5, 5.41) is 2.46. The maximum absolute atomic E-state index is 13.5. The predicted octanol–water partition coefficient (Wildman–Crippen LogP) is 2.55. The molecule has 0 spiro atoms. The molecule has 0 aliphatic heterocycles. The lowest BCUT2D eigenvalue weighted by atomic mass is 10.1. The van der Waals surface area contributed by atoms with Gasteiger partial charge in [0, 0.05) is 17.4 Å². The second kappa shape index (κ2) is 6.66. The first-order valence-electron chi connectivity index (χ1n) is 7.14. The van der Waals surface area contributed by atoms with E-state index in [9.17, 15) is 17.6 Å². The van der Waals surface area contributed by atoms with Crippen molar-refractivity contribution in [3.05, 3.63) is 54.1 Å². The Morgan fingerprint density at radius 1 is 1.17 bits per heavy atom. The number of sulfonamides is 1. The highest BCUT2D eigenvalue weighted by atomic mass is 32.2. The molecule has 24 heavy (non-hydrogen) atoms. The quantitative estimate of drug-likeness (QED) is 0.829. The molecule has 0 atom stereocenters. The van der Waals surface area contributed by atoms with Crippen LogP contribution in [-0.2, 0) is 10.0 Å². The molecule has 0 saturated heterocycles. The van der Waals surface area contributed by atoms with Crippen LogP contribution in [0.2, 0.25) is 0 Å². The highest BCUT2D eigenvalue weighted by Crippen LogP contribution is 2.18. The molecule has 1 aromatic carbocycles. The minimum Gasteiger partial charge on any atom is -0.322 e. The Balaban J connectivity index is 2.25. The van der Waals surface area contributed by atoms with Gasteiger partial charge in [-0.2, -0.15) is 4.39 Å². The third kappa shape index (κ3) is 4.59. The molecule has 2 aromatic rings. The third-order valence-electron chi connectivity index (χ3n) is 2.85. The minimum atomic E-state index is -3.74. The fraction of sp³-hybridized carbons (Fsp3) is 0.250. The predicted molar refractivity (Wildman–Crippen MR) is 88.7 cm³/mol. The second-order valence-corrected chi connectivity index (χ2v) is 7.86. The van der Waals surface area contributed by atoms with Crippen LogP contribution in [0.3, 0.4) is 0 Å². The number of benzene rings is 1. The van der Waals surface area contributed by atoms with Gasteiger partial charge in [-0.25, -0.2) is 18.1 Å². The van der Waals surface area contributed by atoms with Crippen LogP contribution in [0.1, 0.15) is 31.1 Å². The maximum Gasteiger partial charge on any atom is 0.260 e. The molecule has 0 radical (unpaired) electrons. The number of carbonyl (C=O) groups excluding carboxylic acids is 1. The molecule has 128 valence electrons. The summed E-state index contributed by atoms with van der Waals surface area (Å²) < 4.78 is 40.7. The molecule has 0 fully saturated rings. The number of rotatable bonds is 4. The van der Waals surface area contributed by atoms with Crippen LogP contribution in [0, 0.1) is 5.95 Å². The Bertz CT molecular complexity index is 861. The van der Waals surface area contributed by atoms with E-state index in [1.807, 2.05) is 0 Å². The summed E-state index contributed by atoms with van der Waals surface area (Å²) in [4.78, 5) is 15.5. The highest BCUT2D eigenvalue weighted by molar-refractivity contribution is 7.89. The Kier molecular flexibility index (Phi) is 5.00. The molecule has 0 aliphatic carbocycles. The molecule has 2 N–H and O–H groups in total. The van der Waals surface area contributed by atoms with Gasteiger partial charge in [-0.15, -0.1) is 0 Å². The van der Waals surface area contributed by atoms with Crippen molar-refractivity contribution in [1.82, 2.24) is 9.71 Å². The zero-order chi connectivity index (χ0) is 18.0. The Morgan fingerprint density at radius 3 is 2.50 bits per heavy atom. The lowest BCUT2D eigenvalue weighted by molar-refractivity contribution is 0.102. The maximum atomic E-state index is 13.5. The Hall–Kier alpha value is -2.32. The number of nitrogens with zero attached hydrogens (tertiary/aromatic N) is 1. The van der Waals surface area contributed by atoms with Gasteiger partial charge in [0.1, 0.15) is 0 Å². The number of pyridine rings is 1. The van der Waals surface area contributed by atoms with E-state index in [1.165, 1.54) is 42.6 Å². The number of amides is 1. The van der Waals surface area contributed by atoms with E-state index in [4.69, 9.17) is 0 Å². The van der Waals surface area contributed by atoms with Crippen molar-refractivity contribution in [2.24, 2.45) is 0 Å². The van der Waals surface area contributed by atoms with Gasteiger partial charge in [-0.3, -0.25) is 4.79 Å². The smallest absolute Gasteiger partial charge is 0.260 e. The number of halogens is 1. The lowest BCUT2D eigenvalue weighted by Crippen LogP contribution is -2.40. The number of anilines is 1. The lowest BCUT2D eigenvalue weighted by Gasteiger charge is -2.20. The summed E-state index contributed by atoms with van der Waals surface area (Å²) in [6.07, 6.45) is 1.23. The first-order valence-corrected chi connectivity index (χ1v) is 8.63. The SMILES string of the molecule is CC(C)(C)NS(=O)(=O)c1cccc(NC(=O)c2cccnc2F)c1. The summed E-state index contributed by atoms with van der Waals surface area (Å²) in [5.74, 6) is -1.60. The number of hydrogen-bond donors (Lipinski definition) is 2. The summed E-state index contributed by atoms with van der Waals surface area (Å²) in [7, 11) is -3.74. The van der Waals surface area contributed by atoms with Crippen LogP contribution >= 0.6 is 0 Å². The van der Waals surface area contributed by atoms with Crippen molar-refractivity contribution in [3.8, 4) is 0 Å². The summed E-state index contributed by atoms with van der Waals surface area (Å²) in [6, 6.07) is 8.45. The van der Waals surface area contributed by atoms with Gasteiger partial charge in [0.25, 0.3) is 5.91 Å². The molecule has 1 aromatic heterocycles. The summed E-state index contributed by atoms with van der Waals surface area (Å²) >= 11 is 0. The van der Waals surface area contributed by atoms with Gasteiger partial charge in [0.2, 0.25) is 16.0 Å². The van der Waals surface area contributed by atoms with Gasteiger partial charge >= 0.3 is 0 Å². The van der Waals surface area contributed by atoms with Crippen molar-refractivity contribution in [2.75, 3.05) is 5.32 Å². The molecular formula is C16H18FN3O3S. The van der Waals surface area contributed by atoms with Crippen molar-refractivity contribution >= 4 is 21.6 Å². The molecule has 0 aliphatic rings. The van der Waals surface area contributed by atoms with Crippen LogP contribution in [0.25, 0.3) is 0 Å². The number of aromatic nitrogens is 1. The monoisotopic (exact) mass is 351 g/mol. The van der Waals surface area contributed by atoms with E-state index in [-0.39, 0.29) is 16.1 Å². The van der Waals surface area contributed by atoms with Gasteiger partial charge in [-0.05, 0) is 51.1 Å². The van der Waals surface area contributed by atoms with Crippen molar-refractivity contribution < 1.29 is 17.6 Å².